The predicted octanol–water partition coefficient (Wildman–Crippen LogP) is 6.40. The van der Waals surface area contributed by atoms with Crippen LogP contribution < -0.4 is 0 Å². The van der Waals surface area contributed by atoms with Gasteiger partial charge >= 0.3 is 6.09 Å². The molecule has 1 fully saturated rings. The van der Waals surface area contributed by atoms with Gasteiger partial charge in [-0.1, -0.05) is 23.7 Å². The van der Waals surface area contributed by atoms with Crippen LogP contribution in [0.25, 0.3) is 10.4 Å². The fourth-order valence-corrected chi connectivity index (χ4v) is 4.35. The van der Waals surface area contributed by atoms with E-state index >= 15 is 0 Å². The number of carbonyl (C=O) groups is 1. The number of nitrogens with zero attached hydrogens (tertiary/aromatic N) is 1. The third kappa shape index (κ3) is 5.01. The van der Waals surface area contributed by atoms with Crippen molar-refractivity contribution in [2.75, 3.05) is 6.54 Å². The summed E-state index contributed by atoms with van der Waals surface area (Å²) >= 11 is 7.72. The molecule has 26 heavy (non-hydrogen) atoms. The van der Waals surface area contributed by atoms with Crippen molar-refractivity contribution in [3.05, 3.63) is 46.3 Å². The van der Waals surface area contributed by atoms with E-state index in [0.29, 0.717) is 0 Å². The van der Waals surface area contributed by atoms with Gasteiger partial charge in [0.25, 0.3) is 0 Å². The smallest absolute Gasteiger partial charge is 0.410 e. The Morgan fingerprint density at radius 1 is 1.27 bits per heavy atom. The zero-order valence-corrected chi connectivity index (χ0v) is 17.2. The van der Waals surface area contributed by atoms with Crippen molar-refractivity contribution in [3.8, 4) is 10.4 Å². The van der Waals surface area contributed by atoms with Gasteiger partial charge in [0.05, 0.1) is 0 Å². The second kappa shape index (κ2) is 8.01. The van der Waals surface area contributed by atoms with E-state index in [1.54, 1.807) is 11.3 Å². The normalized spacial score (nSPS) is 18.0. The van der Waals surface area contributed by atoms with Crippen LogP contribution in [0, 0.1) is 0 Å². The molecule has 2 aromatic rings. The van der Waals surface area contributed by atoms with Crippen molar-refractivity contribution in [1.29, 1.82) is 0 Å². The molecule has 0 saturated carbocycles. The van der Waals surface area contributed by atoms with Crippen LogP contribution in [0.15, 0.2) is 35.7 Å². The first kappa shape index (κ1) is 19.2. The molecule has 1 aliphatic heterocycles. The van der Waals surface area contributed by atoms with Crippen LogP contribution in [0.5, 0.6) is 0 Å². The molecule has 140 valence electrons. The fraction of sp³-hybridized carbons (Fsp3) is 0.476. The molecule has 0 radical (unpaired) electrons. The molecule has 1 aliphatic rings. The van der Waals surface area contributed by atoms with Crippen LogP contribution in [0.1, 0.15) is 45.6 Å². The minimum atomic E-state index is -0.455. The Hall–Kier alpha value is -1.52. The first-order chi connectivity index (χ1) is 12.3. The number of amides is 1. The van der Waals surface area contributed by atoms with Gasteiger partial charge in [0.1, 0.15) is 5.60 Å². The molecular weight excluding hydrogens is 366 g/mol. The van der Waals surface area contributed by atoms with Gasteiger partial charge in [-0.15, -0.1) is 11.3 Å². The van der Waals surface area contributed by atoms with E-state index < -0.39 is 5.60 Å². The van der Waals surface area contributed by atoms with Gasteiger partial charge in [0, 0.05) is 22.5 Å². The van der Waals surface area contributed by atoms with E-state index in [1.165, 1.54) is 16.0 Å². The van der Waals surface area contributed by atoms with E-state index in [1.807, 2.05) is 49.9 Å². The average Bonchev–Trinajstić information content (AvgIpc) is 3.03. The van der Waals surface area contributed by atoms with Crippen LogP contribution in [0.3, 0.4) is 0 Å². The lowest BCUT2D eigenvalue weighted by molar-refractivity contribution is 0.00996. The largest absolute Gasteiger partial charge is 0.444 e. The fourth-order valence-electron chi connectivity index (χ4n) is 3.29. The van der Waals surface area contributed by atoms with Crippen molar-refractivity contribution >= 4 is 29.0 Å². The molecule has 3 rings (SSSR count). The lowest BCUT2D eigenvalue weighted by Gasteiger charge is -2.36. The highest BCUT2D eigenvalue weighted by Gasteiger charge is 2.30. The molecule has 1 atom stereocenters. The Balaban J connectivity index is 1.70. The predicted molar refractivity (Wildman–Crippen MR) is 109 cm³/mol. The minimum Gasteiger partial charge on any atom is -0.444 e. The number of carbonyl (C=O) groups excluding carboxylic acids is 1. The van der Waals surface area contributed by atoms with Crippen molar-refractivity contribution in [2.24, 2.45) is 0 Å². The second-order valence-corrected chi connectivity index (χ2v) is 9.20. The van der Waals surface area contributed by atoms with Crippen LogP contribution in [0.4, 0.5) is 4.79 Å². The van der Waals surface area contributed by atoms with Gasteiger partial charge in [-0.2, -0.15) is 0 Å². The molecule has 1 aromatic carbocycles. The molecule has 2 heterocycles. The maximum Gasteiger partial charge on any atom is 0.410 e. The van der Waals surface area contributed by atoms with E-state index in [4.69, 9.17) is 16.3 Å². The summed E-state index contributed by atoms with van der Waals surface area (Å²) in [5.74, 6) is 0. The third-order valence-electron chi connectivity index (χ3n) is 4.51. The van der Waals surface area contributed by atoms with Gasteiger partial charge in [-0.05, 0) is 81.2 Å². The Kier molecular flexibility index (Phi) is 5.93. The molecule has 1 saturated heterocycles. The Morgan fingerprint density at radius 2 is 2.00 bits per heavy atom. The Bertz CT molecular complexity index is 748. The lowest BCUT2D eigenvalue weighted by atomic mass is 9.97. The number of piperidine rings is 1. The highest BCUT2D eigenvalue weighted by atomic mass is 35.5. The third-order valence-corrected chi connectivity index (χ3v) is 5.79. The van der Waals surface area contributed by atoms with Gasteiger partial charge in [0.2, 0.25) is 0 Å². The number of halogens is 1. The van der Waals surface area contributed by atoms with E-state index in [0.717, 1.165) is 37.3 Å². The number of hydrogen-bond acceptors (Lipinski definition) is 3. The summed E-state index contributed by atoms with van der Waals surface area (Å²) in [7, 11) is 0. The number of likely N-dealkylation sites (tertiary alicyclic amines) is 1. The molecule has 1 aromatic heterocycles. The molecule has 1 unspecified atom stereocenters. The number of hydrogen-bond donors (Lipinski definition) is 0. The molecule has 0 bridgehead atoms. The Labute approximate surface area is 164 Å². The van der Waals surface area contributed by atoms with Crippen LogP contribution in [-0.2, 0) is 11.2 Å². The number of rotatable bonds is 3. The molecule has 0 aliphatic carbocycles. The Morgan fingerprint density at radius 3 is 2.69 bits per heavy atom. The minimum absolute atomic E-state index is 0.185. The number of ether oxygens (including phenoxy) is 1. The molecule has 3 nitrogen and oxygen atoms in total. The summed E-state index contributed by atoms with van der Waals surface area (Å²) < 4.78 is 5.61. The maximum absolute atomic E-state index is 12.6. The summed E-state index contributed by atoms with van der Waals surface area (Å²) in [6.07, 6.45) is 3.94. The zero-order chi connectivity index (χ0) is 18.7. The summed E-state index contributed by atoms with van der Waals surface area (Å²) in [6, 6.07) is 10.4. The van der Waals surface area contributed by atoms with Gasteiger partial charge in [0.15, 0.2) is 0 Å². The second-order valence-electron chi connectivity index (χ2n) is 7.85. The zero-order valence-electron chi connectivity index (χ0n) is 15.6. The quantitative estimate of drug-likeness (QED) is 0.605. The first-order valence-electron chi connectivity index (χ1n) is 9.15. The highest BCUT2D eigenvalue weighted by molar-refractivity contribution is 7.13. The topological polar surface area (TPSA) is 29.5 Å². The number of benzene rings is 1. The van der Waals surface area contributed by atoms with Crippen molar-refractivity contribution in [2.45, 2.75) is 58.1 Å². The first-order valence-corrected chi connectivity index (χ1v) is 10.4. The summed E-state index contributed by atoms with van der Waals surface area (Å²) in [5.41, 5.74) is 2.00. The highest BCUT2D eigenvalue weighted by Crippen LogP contribution is 2.30. The van der Waals surface area contributed by atoms with Gasteiger partial charge in [-0.3, -0.25) is 0 Å². The SMILES string of the molecule is CC(C)(C)OC(=O)N1CCCCC1Cc1csc(-c2ccc(Cl)cc2)c1. The maximum atomic E-state index is 12.6. The molecule has 0 N–H and O–H groups in total. The van der Waals surface area contributed by atoms with Crippen molar-refractivity contribution in [3.63, 3.8) is 0 Å². The average molecular weight is 392 g/mol. The monoisotopic (exact) mass is 391 g/mol. The summed E-state index contributed by atoms with van der Waals surface area (Å²) in [6.45, 7) is 6.54. The van der Waals surface area contributed by atoms with Crippen LogP contribution in [-0.4, -0.2) is 29.2 Å². The number of thiophene rings is 1. The molecule has 1 amide bonds. The molecule has 5 heteroatoms. The van der Waals surface area contributed by atoms with Gasteiger partial charge < -0.3 is 9.64 Å². The van der Waals surface area contributed by atoms with Crippen molar-refractivity contribution in [1.82, 2.24) is 4.90 Å². The van der Waals surface area contributed by atoms with Crippen LogP contribution >= 0.6 is 22.9 Å². The van der Waals surface area contributed by atoms with E-state index in [9.17, 15) is 4.79 Å². The van der Waals surface area contributed by atoms with Gasteiger partial charge in [-0.25, -0.2) is 4.79 Å². The molecular formula is C21H26ClNO2S. The van der Waals surface area contributed by atoms with Crippen LogP contribution in [0.2, 0.25) is 5.02 Å². The van der Waals surface area contributed by atoms with E-state index in [-0.39, 0.29) is 12.1 Å². The van der Waals surface area contributed by atoms with E-state index in [2.05, 4.69) is 11.4 Å². The summed E-state index contributed by atoms with van der Waals surface area (Å²) in [4.78, 5) is 15.7. The lowest BCUT2D eigenvalue weighted by Crippen LogP contribution is -2.47. The van der Waals surface area contributed by atoms with Crippen molar-refractivity contribution < 1.29 is 9.53 Å². The molecule has 0 spiro atoms. The standard InChI is InChI=1S/C21H26ClNO2S/c1-21(2,3)25-20(24)23-11-5-4-6-18(23)12-15-13-19(26-14-15)16-7-9-17(22)10-8-16/h7-10,13-14,18H,4-6,11-12H2,1-3H3. The summed E-state index contributed by atoms with van der Waals surface area (Å²) in [5, 5.41) is 2.95.